The summed E-state index contributed by atoms with van der Waals surface area (Å²) >= 11 is 0. The topological polar surface area (TPSA) is 15.3 Å². The SMILES string of the molecule is CCC1CCC(NC)C(N(C)C)C1. The van der Waals surface area contributed by atoms with E-state index in [2.05, 4.69) is 38.3 Å². The first kappa shape index (κ1) is 11.0. The summed E-state index contributed by atoms with van der Waals surface area (Å²) in [5.41, 5.74) is 0. The molecule has 3 atom stereocenters. The Morgan fingerprint density at radius 1 is 1.31 bits per heavy atom. The summed E-state index contributed by atoms with van der Waals surface area (Å²) in [6.07, 6.45) is 5.47. The Bertz CT molecular complexity index is 145. The van der Waals surface area contributed by atoms with Crippen molar-refractivity contribution in [2.24, 2.45) is 5.92 Å². The van der Waals surface area contributed by atoms with Crippen LogP contribution in [0, 0.1) is 5.92 Å². The van der Waals surface area contributed by atoms with E-state index in [-0.39, 0.29) is 0 Å². The predicted molar refractivity (Wildman–Crippen MR) is 58.0 cm³/mol. The second-order valence-electron chi connectivity index (χ2n) is 4.51. The van der Waals surface area contributed by atoms with E-state index in [0.717, 1.165) is 12.0 Å². The molecule has 1 aliphatic carbocycles. The van der Waals surface area contributed by atoms with Gasteiger partial charge in [0, 0.05) is 12.1 Å². The summed E-state index contributed by atoms with van der Waals surface area (Å²) in [6, 6.07) is 1.45. The Morgan fingerprint density at radius 3 is 2.46 bits per heavy atom. The van der Waals surface area contributed by atoms with Crippen molar-refractivity contribution in [1.29, 1.82) is 0 Å². The van der Waals surface area contributed by atoms with Gasteiger partial charge in [0.05, 0.1) is 0 Å². The number of hydrogen-bond donors (Lipinski definition) is 1. The minimum Gasteiger partial charge on any atom is -0.315 e. The van der Waals surface area contributed by atoms with Crippen LogP contribution in [0.3, 0.4) is 0 Å². The van der Waals surface area contributed by atoms with Crippen LogP contribution in [0.2, 0.25) is 0 Å². The highest BCUT2D eigenvalue weighted by atomic mass is 15.1. The molecule has 0 bridgehead atoms. The first-order valence-corrected chi connectivity index (χ1v) is 5.52. The maximum atomic E-state index is 3.44. The molecule has 0 aromatic carbocycles. The normalized spacial score (nSPS) is 35.3. The molecule has 0 aromatic rings. The summed E-state index contributed by atoms with van der Waals surface area (Å²) in [4.78, 5) is 2.38. The van der Waals surface area contributed by atoms with E-state index >= 15 is 0 Å². The molecule has 1 rings (SSSR count). The number of nitrogens with one attached hydrogen (secondary N) is 1. The van der Waals surface area contributed by atoms with Crippen molar-refractivity contribution < 1.29 is 0 Å². The van der Waals surface area contributed by atoms with Gasteiger partial charge in [0.2, 0.25) is 0 Å². The average Bonchev–Trinajstić information content (AvgIpc) is 2.16. The Balaban J connectivity index is 2.52. The van der Waals surface area contributed by atoms with Crippen molar-refractivity contribution in [3.8, 4) is 0 Å². The van der Waals surface area contributed by atoms with Gasteiger partial charge in [0.1, 0.15) is 0 Å². The molecule has 0 amide bonds. The Morgan fingerprint density at radius 2 is 2.00 bits per heavy atom. The number of rotatable bonds is 3. The standard InChI is InChI=1S/C11H24N2/c1-5-9-6-7-10(12-2)11(8-9)13(3)4/h9-12H,5-8H2,1-4H3. The maximum Gasteiger partial charge on any atom is 0.0245 e. The Hall–Kier alpha value is -0.0800. The van der Waals surface area contributed by atoms with Crippen molar-refractivity contribution in [3.63, 3.8) is 0 Å². The van der Waals surface area contributed by atoms with Crippen LogP contribution in [0.15, 0.2) is 0 Å². The minimum absolute atomic E-state index is 0.706. The molecule has 1 saturated carbocycles. The minimum atomic E-state index is 0.706. The smallest absolute Gasteiger partial charge is 0.0245 e. The third kappa shape index (κ3) is 2.68. The average molecular weight is 184 g/mol. The fourth-order valence-corrected chi connectivity index (χ4v) is 2.51. The zero-order valence-corrected chi connectivity index (χ0v) is 9.51. The van der Waals surface area contributed by atoms with Crippen LogP contribution in [0.1, 0.15) is 32.6 Å². The van der Waals surface area contributed by atoms with Gasteiger partial charge in [-0.1, -0.05) is 13.3 Å². The van der Waals surface area contributed by atoms with Gasteiger partial charge >= 0.3 is 0 Å². The molecule has 78 valence electrons. The lowest BCUT2D eigenvalue weighted by Crippen LogP contribution is -2.49. The van der Waals surface area contributed by atoms with E-state index in [4.69, 9.17) is 0 Å². The lowest BCUT2D eigenvalue weighted by atomic mass is 9.80. The molecule has 2 heteroatoms. The van der Waals surface area contributed by atoms with E-state index in [9.17, 15) is 0 Å². The van der Waals surface area contributed by atoms with E-state index in [1.165, 1.54) is 25.7 Å². The molecule has 2 nitrogen and oxygen atoms in total. The van der Waals surface area contributed by atoms with Gasteiger partial charge in [-0.3, -0.25) is 0 Å². The molecular formula is C11H24N2. The predicted octanol–water partition coefficient (Wildman–Crippen LogP) is 1.71. The van der Waals surface area contributed by atoms with E-state index in [0.29, 0.717) is 6.04 Å². The molecule has 0 saturated heterocycles. The van der Waals surface area contributed by atoms with Gasteiger partial charge in [0.25, 0.3) is 0 Å². The molecule has 13 heavy (non-hydrogen) atoms. The van der Waals surface area contributed by atoms with Gasteiger partial charge in [-0.25, -0.2) is 0 Å². The van der Waals surface area contributed by atoms with Gasteiger partial charge in [-0.05, 0) is 46.3 Å². The quantitative estimate of drug-likeness (QED) is 0.718. The monoisotopic (exact) mass is 184 g/mol. The van der Waals surface area contributed by atoms with Crippen molar-refractivity contribution in [2.45, 2.75) is 44.7 Å². The van der Waals surface area contributed by atoms with Crippen LogP contribution in [0.4, 0.5) is 0 Å². The molecule has 0 heterocycles. The van der Waals surface area contributed by atoms with Crippen LogP contribution in [0.25, 0.3) is 0 Å². The first-order chi connectivity index (χ1) is 6.19. The molecule has 0 spiro atoms. The summed E-state index contributed by atoms with van der Waals surface area (Å²) in [5, 5.41) is 3.44. The van der Waals surface area contributed by atoms with E-state index in [1.54, 1.807) is 0 Å². The third-order valence-electron chi connectivity index (χ3n) is 3.54. The van der Waals surface area contributed by atoms with Crippen molar-refractivity contribution >= 4 is 0 Å². The lowest BCUT2D eigenvalue weighted by Gasteiger charge is -2.39. The molecule has 0 aromatic heterocycles. The molecule has 3 unspecified atom stereocenters. The fourth-order valence-electron chi connectivity index (χ4n) is 2.51. The van der Waals surface area contributed by atoms with Gasteiger partial charge < -0.3 is 10.2 Å². The van der Waals surface area contributed by atoms with Gasteiger partial charge in [-0.15, -0.1) is 0 Å². The van der Waals surface area contributed by atoms with Crippen molar-refractivity contribution in [2.75, 3.05) is 21.1 Å². The second kappa shape index (κ2) is 4.97. The third-order valence-corrected chi connectivity index (χ3v) is 3.54. The molecule has 0 aliphatic heterocycles. The highest BCUT2D eigenvalue weighted by Gasteiger charge is 2.29. The fraction of sp³-hybridized carbons (Fsp3) is 1.00. The second-order valence-corrected chi connectivity index (χ2v) is 4.51. The Kier molecular flexibility index (Phi) is 4.20. The van der Waals surface area contributed by atoms with E-state index < -0.39 is 0 Å². The maximum absolute atomic E-state index is 3.44. The zero-order chi connectivity index (χ0) is 9.84. The number of likely N-dealkylation sites (N-methyl/N-ethyl adjacent to an activating group) is 2. The number of nitrogens with zero attached hydrogens (tertiary/aromatic N) is 1. The summed E-state index contributed by atoms with van der Waals surface area (Å²) in [5.74, 6) is 0.956. The van der Waals surface area contributed by atoms with E-state index in [1.807, 2.05) is 0 Å². The largest absolute Gasteiger partial charge is 0.315 e. The lowest BCUT2D eigenvalue weighted by molar-refractivity contribution is 0.143. The van der Waals surface area contributed by atoms with Crippen LogP contribution in [0.5, 0.6) is 0 Å². The molecular weight excluding hydrogens is 160 g/mol. The highest BCUT2D eigenvalue weighted by Crippen LogP contribution is 2.28. The molecule has 1 fully saturated rings. The highest BCUT2D eigenvalue weighted by molar-refractivity contribution is 4.88. The van der Waals surface area contributed by atoms with Crippen LogP contribution in [-0.4, -0.2) is 38.1 Å². The summed E-state index contributed by atoms with van der Waals surface area (Å²) in [7, 11) is 6.49. The number of hydrogen-bond acceptors (Lipinski definition) is 2. The zero-order valence-electron chi connectivity index (χ0n) is 9.51. The molecule has 1 N–H and O–H groups in total. The molecule has 0 radical (unpaired) electrons. The van der Waals surface area contributed by atoms with Gasteiger partial charge in [-0.2, -0.15) is 0 Å². The van der Waals surface area contributed by atoms with Crippen molar-refractivity contribution in [1.82, 2.24) is 10.2 Å². The van der Waals surface area contributed by atoms with Crippen molar-refractivity contribution in [3.05, 3.63) is 0 Å². The van der Waals surface area contributed by atoms with Crippen LogP contribution in [-0.2, 0) is 0 Å². The molecule has 1 aliphatic rings. The van der Waals surface area contributed by atoms with Crippen LogP contribution >= 0.6 is 0 Å². The summed E-state index contributed by atoms with van der Waals surface area (Å²) < 4.78 is 0. The van der Waals surface area contributed by atoms with Gasteiger partial charge in [0.15, 0.2) is 0 Å². The Labute approximate surface area is 82.7 Å². The summed E-state index contributed by atoms with van der Waals surface area (Å²) in [6.45, 7) is 2.32. The first-order valence-electron chi connectivity index (χ1n) is 5.52. The van der Waals surface area contributed by atoms with Crippen LogP contribution < -0.4 is 5.32 Å².